The van der Waals surface area contributed by atoms with Gasteiger partial charge in [0.1, 0.15) is 0 Å². The third-order valence-corrected chi connectivity index (χ3v) is 8.85. The summed E-state index contributed by atoms with van der Waals surface area (Å²) in [7, 11) is 0. The average Bonchev–Trinajstić information content (AvgIpc) is 2.79. The number of aliphatic hydroxyl groups excluding tert-OH is 2. The van der Waals surface area contributed by atoms with Crippen LogP contribution in [0.4, 0.5) is 0 Å². The zero-order valence-corrected chi connectivity index (χ0v) is 19.9. The van der Waals surface area contributed by atoms with Crippen molar-refractivity contribution < 1.29 is 24.5 Å². The van der Waals surface area contributed by atoms with E-state index in [0.717, 1.165) is 52.1 Å². The number of ether oxygens (including phenoxy) is 2. The van der Waals surface area contributed by atoms with E-state index in [1.165, 1.54) is 25.7 Å². The largest absolute Gasteiger partial charge is 0.393 e. The summed E-state index contributed by atoms with van der Waals surface area (Å²) in [4.78, 5) is 15.7. The maximum atomic E-state index is 13.8. The average molecular weight is 466 g/mol. The van der Waals surface area contributed by atoms with Gasteiger partial charge in [-0.25, -0.2) is 0 Å². The standard InChI is InChI=1S/C25H43N3O5/c29-19-10-22(30)24(23(11-19)33-15-17-5-1-2-8-26-17)25(31)28-9-7-16-4-3-6-21(20(16)12-28)27-18-13-32-14-18/h16-24,26-27,29-30H,1-15H2. The number of carbonyl (C=O) groups is 1. The molecule has 4 N–H and O–H groups in total. The van der Waals surface area contributed by atoms with Gasteiger partial charge in [0, 0.05) is 38.0 Å². The lowest BCUT2D eigenvalue weighted by atomic mass is 9.71. The van der Waals surface area contributed by atoms with Crippen molar-refractivity contribution in [3.8, 4) is 0 Å². The maximum Gasteiger partial charge on any atom is 0.230 e. The second kappa shape index (κ2) is 10.9. The Morgan fingerprint density at radius 1 is 1.09 bits per heavy atom. The lowest BCUT2D eigenvalue weighted by Crippen LogP contribution is -2.60. The Morgan fingerprint density at radius 2 is 1.97 bits per heavy atom. The van der Waals surface area contributed by atoms with Gasteiger partial charge in [0.05, 0.1) is 50.1 Å². The number of amides is 1. The molecule has 2 aliphatic carbocycles. The number of nitrogens with zero attached hydrogens (tertiary/aromatic N) is 1. The van der Waals surface area contributed by atoms with Crippen LogP contribution in [-0.2, 0) is 14.3 Å². The predicted octanol–water partition coefficient (Wildman–Crippen LogP) is 0.651. The number of hydrogen-bond acceptors (Lipinski definition) is 7. The molecule has 0 aromatic heterocycles. The SMILES string of the molecule is O=C(C1C(O)CC(O)CC1OCC1CCCCN1)N1CCC2CCCC(NC3COC3)C2C1. The highest BCUT2D eigenvalue weighted by Crippen LogP contribution is 2.38. The Hall–Kier alpha value is -0.770. The van der Waals surface area contributed by atoms with Crippen molar-refractivity contribution in [2.75, 3.05) is 39.5 Å². The molecule has 8 atom stereocenters. The fraction of sp³-hybridized carbons (Fsp3) is 0.960. The minimum Gasteiger partial charge on any atom is -0.393 e. The van der Waals surface area contributed by atoms with Crippen molar-refractivity contribution in [3.63, 3.8) is 0 Å². The molecule has 0 bridgehead atoms. The maximum absolute atomic E-state index is 13.8. The summed E-state index contributed by atoms with van der Waals surface area (Å²) in [6, 6.07) is 1.19. The molecular formula is C25H43N3O5. The van der Waals surface area contributed by atoms with Gasteiger partial charge in [-0.15, -0.1) is 0 Å². The summed E-state index contributed by atoms with van der Waals surface area (Å²) in [5, 5.41) is 28.4. The molecule has 5 rings (SSSR count). The van der Waals surface area contributed by atoms with Gasteiger partial charge in [0.15, 0.2) is 0 Å². The monoisotopic (exact) mass is 465 g/mol. The van der Waals surface area contributed by atoms with Crippen LogP contribution in [0.25, 0.3) is 0 Å². The summed E-state index contributed by atoms with van der Waals surface area (Å²) >= 11 is 0. The topological polar surface area (TPSA) is 103 Å². The van der Waals surface area contributed by atoms with E-state index in [2.05, 4.69) is 10.6 Å². The van der Waals surface area contributed by atoms with Gasteiger partial charge in [0.25, 0.3) is 0 Å². The normalized spacial score (nSPS) is 42.4. The van der Waals surface area contributed by atoms with Crippen molar-refractivity contribution in [2.45, 2.75) is 94.2 Å². The highest BCUT2D eigenvalue weighted by atomic mass is 16.5. The summed E-state index contributed by atoms with van der Waals surface area (Å²) in [6.07, 6.45) is 6.96. The highest BCUT2D eigenvalue weighted by Gasteiger charge is 2.46. The van der Waals surface area contributed by atoms with E-state index in [9.17, 15) is 15.0 Å². The summed E-state index contributed by atoms with van der Waals surface area (Å²) in [6.45, 7) is 4.65. The second-order valence-corrected chi connectivity index (χ2v) is 11.2. The number of nitrogens with one attached hydrogen (secondary N) is 2. The minimum absolute atomic E-state index is 0.0192. The molecule has 188 valence electrons. The first kappa shape index (κ1) is 23.9. The molecule has 2 saturated carbocycles. The van der Waals surface area contributed by atoms with Gasteiger partial charge in [-0.05, 0) is 50.5 Å². The lowest BCUT2D eigenvalue weighted by Gasteiger charge is -2.48. The highest BCUT2D eigenvalue weighted by molar-refractivity contribution is 5.80. The molecule has 8 unspecified atom stereocenters. The Balaban J connectivity index is 1.23. The van der Waals surface area contributed by atoms with E-state index in [1.54, 1.807) is 0 Å². The number of aliphatic hydroxyl groups is 2. The van der Waals surface area contributed by atoms with Crippen LogP contribution >= 0.6 is 0 Å². The first-order chi connectivity index (χ1) is 16.1. The van der Waals surface area contributed by atoms with Crippen molar-refractivity contribution in [1.82, 2.24) is 15.5 Å². The van der Waals surface area contributed by atoms with E-state index < -0.39 is 24.2 Å². The van der Waals surface area contributed by atoms with Gasteiger partial charge >= 0.3 is 0 Å². The number of hydrogen-bond donors (Lipinski definition) is 4. The van der Waals surface area contributed by atoms with Crippen molar-refractivity contribution in [1.29, 1.82) is 0 Å². The summed E-state index contributed by atoms with van der Waals surface area (Å²) in [5.74, 6) is 0.576. The van der Waals surface area contributed by atoms with Crippen LogP contribution in [0.2, 0.25) is 0 Å². The zero-order chi connectivity index (χ0) is 22.8. The molecular weight excluding hydrogens is 422 g/mol. The minimum atomic E-state index is -0.851. The van der Waals surface area contributed by atoms with E-state index in [4.69, 9.17) is 9.47 Å². The molecule has 0 aromatic carbocycles. The second-order valence-electron chi connectivity index (χ2n) is 11.2. The van der Waals surface area contributed by atoms with Crippen LogP contribution in [0.1, 0.15) is 57.8 Å². The molecule has 5 fully saturated rings. The first-order valence-electron chi connectivity index (χ1n) is 13.4. The molecule has 0 aromatic rings. The van der Waals surface area contributed by atoms with Gasteiger partial charge in [0.2, 0.25) is 5.91 Å². The lowest BCUT2D eigenvalue weighted by molar-refractivity contribution is -0.161. The van der Waals surface area contributed by atoms with Gasteiger partial charge in [-0.2, -0.15) is 0 Å². The number of rotatable bonds is 6. The van der Waals surface area contributed by atoms with Crippen molar-refractivity contribution >= 4 is 5.91 Å². The van der Waals surface area contributed by atoms with Gasteiger partial charge in [-0.1, -0.05) is 12.8 Å². The van der Waals surface area contributed by atoms with Crippen LogP contribution in [0, 0.1) is 17.8 Å². The molecule has 5 aliphatic rings. The number of carbonyl (C=O) groups excluding carboxylic acids is 1. The van der Waals surface area contributed by atoms with Crippen LogP contribution in [-0.4, -0.2) is 96.9 Å². The van der Waals surface area contributed by atoms with Crippen molar-refractivity contribution in [3.05, 3.63) is 0 Å². The van der Waals surface area contributed by atoms with Gasteiger partial charge in [-0.3, -0.25) is 4.79 Å². The van der Waals surface area contributed by atoms with Crippen molar-refractivity contribution in [2.24, 2.45) is 17.8 Å². The van der Waals surface area contributed by atoms with E-state index in [-0.39, 0.29) is 12.3 Å². The predicted molar refractivity (Wildman–Crippen MR) is 124 cm³/mol. The molecule has 0 radical (unpaired) electrons. The zero-order valence-electron chi connectivity index (χ0n) is 19.9. The quantitative estimate of drug-likeness (QED) is 0.457. The third-order valence-electron chi connectivity index (χ3n) is 8.85. The van der Waals surface area contributed by atoms with Crippen LogP contribution in [0.3, 0.4) is 0 Å². The number of likely N-dealkylation sites (tertiary alicyclic amines) is 1. The third kappa shape index (κ3) is 5.57. The smallest absolute Gasteiger partial charge is 0.230 e. The summed E-state index contributed by atoms with van der Waals surface area (Å²) in [5.41, 5.74) is 0. The first-order valence-corrected chi connectivity index (χ1v) is 13.4. The van der Waals surface area contributed by atoms with Gasteiger partial charge < -0.3 is 35.2 Å². The van der Waals surface area contributed by atoms with E-state index >= 15 is 0 Å². The van der Waals surface area contributed by atoms with Crippen LogP contribution < -0.4 is 10.6 Å². The van der Waals surface area contributed by atoms with Crippen LogP contribution in [0.15, 0.2) is 0 Å². The number of piperidine rings is 2. The Kier molecular flexibility index (Phi) is 7.89. The molecule has 0 spiro atoms. The molecule has 3 aliphatic heterocycles. The number of fused-ring (bicyclic) bond motifs is 1. The molecule has 1 amide bonds. The van der Waals surface area contributed by atoms with E-state index in [1.807, 2.05) is 4.90 Å². The Bertz CT molecular complexity index is 656. The molecule has 3 saturated heterocycles. The molecule has 8 heteroatoms. The fourth-order valence-corrected chi connectivity index (χ4v) is 6.90. The molecule has 33 heavy (non-hydrogen) atoms. The Labute approximate surface area is 197 Å². The van der Waals surface area contributed by atoms with Crippen LogP contribution in [0.5, 0.6) is 0 Å². The molecule has 3 heterocycles. The Morgan fingerprint density at radius 3 is 2.73 bits per heavy atom. The fourth-order valence-electron chi connectivity index (χ4n) is 6.90. The summed E-state index contributed by atoms with van der Waals surface area (Å²) < 4.78 is 11.6. The van der Waals surface area contributed by atoms with E-state index in [0.29, 0.717) is 43.0 Å². The molecule has 8 nitrogen and oxygen atoms in total.